The Labute approximate surface area is 60.5 Å². The van der Waals surface area contributed by atoms with E-state index in [2.05, 4.69) is 6.58 Å². The average molecular weight is 144 g/mol. The van der Waals surface area contributed by atoms with Gasteiger partial charge in [-0.05, 0) is 18.2 Å². The fourth-order valence-corrected chi connectivity index (χ4v) is 1.56. The third kappa shape index (κ3) is 2.41. The van der Waals surface area contributed by atoms with E-state index < -0.39 is 0 Å². The van der Waals surface area contributed by atoms with Crippen molar-refractivity contribution < 1.29 is 4.74 Å². The highest BCUT2D eigenvalue weighted by atomic mass is 32.2. The van der Waals surface area contributed by atoms with Gasteiger partial charge >= 0.3 is 0 Å². The Bertz CT molecular complexity index is 86.9. The van der Waals surface area contributed by atoms with Gasteiger partial charge in [-0.2, -0.15) is 0 Å². The van der Waals surface area contributed by atoms with Crippen LogP contribution in [0.3, 0.4) is 0 Å². The number of hydrogen-bond acceptors (Lipinski definition) is 2. The van der Waals surface area contributed by atoms with Gasteiger partial charge < -0.3 is 4.74 Å². The number of rotatable bonds is 3. The second kappa shape index (κ2) is 3.96. The van der Waals surface area contributed by atoms with Gasteiger partial charge in [0.15, 0.2) is 0 Å². The van der Waals surface area contributed by atoms with Crippen LogP contribution >= 0.6 is 11.8 Å². The van der Waals surface area contributed by atoms with Crippen molar-refractivity contribution >= 4 is 11.8 Å². The molecular weight excluding hydrogens is 132 g/mol. The van der Waals surface area contributed by atoms with Gasteiger partial charge in [0.2, 0.25) is 0 Å². The van der Waals surface area contributed by atoms with Gasteiger partial charge in [0.25, 0.3) is 0 Å². The first-order valence-electron chi connectivity index (χ1n) is 3.27. The van der Waals surface area contributed by atoms with Gasteiger partial charge in [-0.15, -0.1) is 11.8 Å². The molecule has 1 fully saturated rings. The Balaban J connectivity index is 2.04. The first-order valence-corrected chi connectivity index (χ1v) is 4.32. The molecule has 0 radical (unpaired) electrons. The second-order valence-corrected chi connectivity index (χ2v) is 3.14. The van der Waals surface area contributed by atoms with E-state index in [0.717, 1.165) is 12.4 Å². The van der Waals surface area contributed by atoms with E-state index in [1.165, 1.54) is 12.8 Å². The van der Waals surface area contributed by atoms with Crippen LogP contribution in [0.2, 0.25) is 0 Å². The SMILES string of the molecule is C=CSCC1CCCO1. The Hall–Kier alpha value is 0.0500. The molecule has 0 aromatic rings. The topological polar surface area (TPSA) is 9.23 Å². The minimum absolute atomic E-state index is 0.507. The van der Waals surface area contributed by atoms with Crippen LogP contribution < -0.4 is 0 Å². The highest BCUT2D eigenvalue weighted by molar-refractivity contribution is 8.02. The van der Waals surface area contributed by atoms with Crippen LogP contribution in [0.1, 0.15) is 12.8 Å². The predicted molar refractivity (Wildman–Crippen MR) is 41.6 cm³/mol. The quantitative estimate of drug-likeness (QED) is 0.599. The minimum Gasteiger partial charge on any atom is -0.377 e. The molecule has 0 spiro atoms. The standard InChI is InChI=1S/C7H12OS/c1-2-9-6-7-4-3-5-8-7/h2,7H,1,3-6H2. The molecule has 1 aliphatic heterocycles. The van der Waals surface area contributed by atoms with E-state index >= 15 is 0 Å². The Morgan fingerprint density at radius 2 is 2.67 bits per heavy atom. The van der Waals surface area contributed by atoms with Crippen molar-refractivity contribution in [3.63, 3.8) is 0 Å². The summed E-state index contributed by atoms with van der Waals surface area (Å²) in [6.45, 7) is 4.59. The van der Waals surface area contributed by atoms with E-state index in [1.807, 2.05) is 5.41 Å². The lowest BCUT2D eigenvalue weighted by Crippen LogP contribution is -2.06. The fourth-order valence-electron chi connectivity index (χ4n) is 0.951. The second-order valence-electron chi connectivity index (χ2n) is 2.14. The smallest absolute Gasteiger partial charge is 0.0669 e. The molecule has 0 aliphatic carbocycles. The first-order chi connectivity index (χ1) is 4.43. The highest BCUT2D eigenvalue weighted by Crippen LogP contribution is 2.16. The van der Waals surface area contributed by atoms with Crippen molar-refractivity contribution in [2.45, 2.75) is 18.9 Å². The van der Waals surface area contributed by atoms with Crippen LogP contribution in [0.25, 0.3) is 0 Å². The van der Waals surface area contributed by atoms with Crippen molar-refractivity contribution in [3.8, 4) is 0 Å². The summed E-state index contributed by atoms with van der Waals surface area (Å²) in [5.41, 5.74) is 0. The fraction of sp³-hybridized carbons (Fsp3) is 0.714. The van der Waals surface area contributed by atoms with Gasteiger partial charge in [0.05, 0.1) is 6.10 Å². The molecule has 0 aromatic heterocycles. The van der Waals surface area contributed by atoms with Crippen LogP contribution in [0.4, 0.5) is 0 Å². The zero-order chi connectivity index (χ0) is 6.53. The molecule has 0 saturated carbocycles. The van der Waals surface area contributed by atoms with Gasteiger partial charge in [0.1, 0.15) is 0 Å². The Morgan fingerprint density at radius 1 is 1.78 bits per heavy atom. The summed E-state index contributed by atoms with van der Waals surface area (Å²) >= 11 is 1.74. The minimum atomic E-state index is 0.507. The van der Waals surface area contributed by atoms with Gasteiger partial charge in [-0.3, -0.25) is 0 Å². The molecule has 1 heterocycles. The van der Waals surface area contributed by atoms with Crippen molar-refractivity contribution in [3.05, 3.63) is 12.0 Å². The first kappa shape index (κ1) is 7.16. The third-order valence-electron chi connectivity index (χ3n) is 1.42. The summed E-state index contributed by atoms with van der Waals surface area (Å²) in [7, 11) is 0. The van der Waals surface area contributed by atoms with Gasteiger partial charge in [-0.1, -0.05) is 6.58 Å². The molecule has 0 N–H and O–H groups in total. The molecule has 0 bridgehead atoms. The normalized spacial score (nSPS) is 26.4. The van der Waals surface area contributed by atoms with Crippen LogP contribution in [-0.4, -0.2) is 18.5 Å². The van der Waals surface area contributed by atoms with E-state index in [0.29, 0.717) is 6.10 Å². The molecule has 52 valence electrons. The van der Waals surface area contributed by atoms with Crippen LogP contribution in [-0.2, 0) is 4.74 Å². The van der Waals surface area contributed by atoms with E-state index in [-0.39, 0.29) is 0 Å². The number of hydrogen-bond donors (Lipinski definition) is 0. The average Bonchev–Trinajstić information content (AvgIpc) is 2.34. The van der Waals surface area contributed by atoms with Gasteiger partial charge in [0, 0.05) is 12.4 Å². The van der Waals surface area contributed by atoms with E-state index in [9.17, 15) is 0 Å². The van der Waals surface area contributed by atoms with Crippen molar-refractivity contribution in [2.75, 3.05) is 12.4 Å². The molecule has 2 heteroatoms. The maximum absolute atomic E-state index is 5.39. The largest absolute Gasteiger partial charge is 0.377 e. The molecule has 1 saturated heterocycles. The van der Waals surface area contributed by atoms with Crippen molar-refractivity contribution in [2.24, 2.45) is 0 Å². The molecule has 0 amide bonds. The summed E-state index contributed by atoms with van der Waals surface area (Å²) in [6.07, 6.45) is 2.98. The van der Waals surface area contributed by atoms with Crippen LogP contribution in [0.15, 0.2) is 12.0 Å². The van der Waals surface area contributed by atoms with Crippen LogP contribution in [0, 0.1) is 0 Å². The number of ether oxygens (including phenoxy) is 1. The van der Waals surface area contributed by atoms with Crippen molar-refractivity contribution in [1.82, 2.24) is 0 Å². The molecular formula is C7H12OS. The molecule has 1 nitrogen and oxygen atoms in total. The third-order valence-corrected chi connectivity index (χ3v) is 2.22. The summed E-state index contributed by atoms with van der Waals surface area (Å²) in [6, 6.07) is 0. The predicted octanol–water partition coefficient (Wildman–Crippen LogP) is 2.04. The lowest BCUT2D eigenvalue weighted by Gasteiger charge is -2.04. The molecule has 1 rings (SSSR count). The molecule has 9 heavy (non-hydrogen) atoms. The maximum atomic E-state index is 5.39. The summed E-state index contributed by atoms with van der Waals surface area (Å²) < 4.78 is 5.39. The molecule has 1 aliphatic rings. The highest BCUT2D eigenvalue weighted by Gasteiger charge is 2.13. The summed E-state index contributed by atoms with van der Waals surface area (Å²) in [5, 5.41) is 1.88. The van der Waals surface area contributed by atoms with Crippen LogP contribution in [0.5, 0.6) is 0 Å². The zero-order valence-corrected chi connectivity index (χ0v) is 6.32. The molecule has 1 atom stereocenters. The monoisotopic (exact) mass is 144 g/mol. The van der Waals surface area contributed by atoms with E-state index in [1.54, 1.807) is 11.8 Å². The Morgan fingerprint density at radius 3 is 3.22 bits per heavy atom. The maximum Gasteiger partial charge on any atom is 0.0669 e. The number of thioether (sulfide) groups is 1. The molecule has 0 aromatic carbocycles. The summed E-state index contributed by atoms with van der Waals surface area (Å²) in [4.78, 5) is 0. The van der Waals surface area contributed by atoms with Gasteiger partial charge in [-0.25, -0.2) is 0 Å². The Kier molecular flexibility index (Phi) is 3.15. The lowest BCUT2D eigenvalue weighted by molar-refractivity contribution is 0.129. The van der Waals surface area contributed by atoms with E-state index in [4.69, 9.17) is 4.74 Å². The zero-order valence-electron chi connectivity index (χ0n) is 5.51. The molecule has 1 unspecified atom stereocenters. The lowest BCUT2D eigenvalue weighted by atomic mass is 10.3. The van der Waals surface area contributed by atoms with Crippen molar-refractivity contribution in [1.29, 1.82) is 0 Å². The summed E-state index contributed by atoms with van der Waals surface area (Å²) in [5.74, 6) is 1.09.